The van der Waals surface area contributed by atoms with Crippen molar-refractivity contribution in [3.8, 4) is 17.2 Å². The first kappa shape index (κ1) is 15.6. The van der Waals surface area contributed by atoms with Crippen LogP contribution in [0.15, 0.2) is 36.8 Å². The highest BCUT2D eigenvalue weighted by Crippen LogP contribution is 2.32. The minimum atomic E-state index is 0.409. The molecule has 0 bridgehead atoms. The Kier molecular flexibility index (Phi) is 4.08. The van der Waals surface area contributed by atoms with Crippen molar-refractivity contribution in [2.24, 2.45) is 7.05 Å². The van der Waals surface area contributed by atoms with Crippen LogP contribution in [0.2, 0.25) is 0 Å². The minimum Gasteiger partial charge on any atom is -0.367 e. The number of pyridine rings is 1. The Morgan fingerprint density at radius 2 is 2.08 bits per heavy atom. The molecule has 25 heavy (non-hydrogen) atoms. The second-order valence-electron chi connectivity index (χ2n) is 6.46. The summed E-state index contributed by atoms with van der Waals surface area (Å²) in [5.74, 6) is 0.853. The molecule has 2 N–H and O–H groups in total. The minimum absolute atomic E-state index is 0.409. The van der Waals surface area contributed by atoms with Crippen molar-refractivity contribution in [3.05, 3.63) is 42.4 Å². The van der Waals surface area contributed by atoms with Crippen LogP contribution in [0.4, 0.5) is 5.82 Å². The van der Waals surface area contributed by atoms with Gasteiger partial charge in [0.15, 0.2) is 0 Å². The van der Waals surface area contributed by atoms with Crippen molar-refractivity contribution < 1.29 is 0 Å². The van der Waals surface area contributed by atoms with Crippen LogP contribution >= 0.6 is 0 Å². The van der Waals surface area contributed by atoms with Gasteiger partial charge in [-0.1, -0.05) is 6.07 Å². The van der Waals surface area contributed by atoms with Crippen LogP contribution in [0.3, 0.4) is 0 Å². The zero-order chi connectivity index (χ0) is 17.2. The van der Waals surface area contributed by atoms with Gasteiger partial charge in [0.1, 0.15) is 5.82 Å². The molecule has 1 aliphatic rings. The lowest BCUT2D eigenvalue weighted by atomic mass is 10.0. The Labute approximate surface area is 146 Å². The predicted molar refractivity (Wildman–Crippen MR) is 98.2 cm³/mol. The molecule has 2 aromatic heterocycles. The zero-order valence-electron chi connectivity index (χ0n) is 14.2. The number of nitrogens with zero attached hydrogens (tertiary/aromatic N) is 4. The lowest BCUT2D eigenvalue weighted by molar-refractivity contribution is 0.478. The largest absolute Gasteiger partial charge is 0.367 e. The van der Waals surface area contributed by atoms with E-state index < -0.39 is 0 Å². The summed E-state index contributed by atoms with van der Waals surface area (Å²) in [4.78, 5) is 4.68. The fraction of sp³-hybridized carbons (Fsp3) is 0.316. The number of piperidine rings is 1. The number of aromatic nitrogens is 3. The Bertz CT molecular complexity index is 946. The van der Waals surface area contributed by atoms with Gasteiger partial charge in [0.2, 0.25) is 0 Å². The molecule has 3 heterocycles. The van der Waals surface area contributed by atoms with E-state index in [-0.39, 0.29) is 0 Å². The Balaban J connectivity index is 1.82. The van der Waals surface area contributed by atoms with Crippen LogP contribution in [-0.4, -0.2) is 33.9 Å². The maximum absolute atomic E-state index is 9.29. The molecule has 0 amide bonds. The molecule has 126 valence electrons. The number of hydrogen-bond acceptors (Lipinski definition) is 5. The summed E-state index contributed by atoms with van der Waals surface area (Å²) in [5.41, 5.74) is 2.70. The van der Waals surface area contributed by atoms with Crippen LogP contribution in [0.25, 0.3) is 21.9 Å². The molecule has 0 radical (unpaired) electrons. The second kappa shape index (κ2) is 6.54. The summed E-state index contributed by atoms with van der Waals surface area (Å²) >= 11 is 0. The van der Waals surface area contributed by atoms with Crippen LogP contribution < -0.4 is 10.6 Å². The summed E-state index contributed by atoms with van der Waals surface area (Å²) in [6, 6.07) is 8.43. The maximum atomic E-state index is 9.29. The molecular weight excluding hydrogens is 312 g/mol. The van der Waals surface area contributed by atoms with E-state index in [1.165, 1.54) is 0 Å². The molecule has 1 aliphatic heterocycles. The monoisotopic (exact) mass is 332 g/mol. The van der Waals surface area contributed by atoms with Crippen molar-refractivity contribution in [2.45, 2.75) is 18.9 Å². The van der Waals surface area contributed by atoms with Crippen molar-refractivity contribution in [1.82, 2.24) is 20.1 Å². The summed E-state index contributed by atoms with van der Waals surface area (Å²) < 4.78 is 1.78. The number of rotatable bonds is 3. The van der Waals surface area contributed by atoms with Gasteiger partial charge in [0, 0.05) is 42.0 Å². The van der Waals surface area contributed by atoms with Crippen molar-refractivity contribution >= 4 is 16.6 Å². The van der Waals surface area contributed by atoms with Gasteiger partial charge >= 0.3 is 0 Å². The predicted octanol–water partition coefficient (Wildman–Crippen LogP) is 2.67. The lowest BCUT2D eigenvalue weighted by Crippen LogP contribution is -2.35. The molecule has 0 unspecified atom stereocenters. The van der Waals surface area contributed by atoms with Crippen molar-refractivity contribution in [1.29, 1.82) is 5.26 Å². The summed E-state index contributed by atoms with van der Waals surface area (Å²) in [5, 5.41) is 22.6. The number of hydrogen-bond donors (Lipinski definition) is 2. The average Bonchev–Trinajstić information content (AvgIpc) is 3.08. The summed E-state index contributed by atoms with van der Waals surface area (Å²) in [6.45, 7) is 2.04. The normalized spacial score (nSPS) is 15.2. The summed E-state index contributed by atoms with van der Waals surface area (Å²) in [7, 11) is 1.90. The van der Waals surface area contributed by atoms with Gasteiger partial charge in [-0.3, -0.25) is 4.68 Å². The van der Waals surface area contributed by atoms with Crippen LogP contribution in [0, 0.1) is 11.3 Å². The fourth-order valence-corrected chi connectivity index (χ4v) is 3.38. The number of anilines is 1. The van der Waals surface area contributed by atoms with Gasteiger partial charge in [0.25, 0.3) is 0 Å². The highest BCUT2D eigenvalue weighted by Gasteiger charge is 2.16. The molecule has 1 saturated heterocycles. The maximum Gasteiger partial charge on any atom is 0.134 e. The summed E-state index contributed by atoms with van der Waals surface area (Å²) in [6.07, 6.45) is 7.87. The molecule has 0 spiro atoms. The van der Waals surface area contributed by atoms with Gasteiger partial charge in [-0.2, -0.15) is 10.4 Å². The van der Waals surface area contributed by atoms with Gasteiger partial charge in [-0.05, 0) is 43.5 Å². The third kappa shape index (κ3) is 3.06. The number of nitriles is 1. The van der Waals surface area contributed by atoms with Crippen LogP contribution in [-0.2, 0) is 7.05 Å². The van der Waals surface area contributed by atoms with Gasteiger partial charge in [0.05, 0.1) is 17.8 Å². The molecule has 6 nitrogen and oxygen atoms in total. The smallest absolute Gasteiger partial charge is 0.134 e. The van der Waals surface area contributed by atoms with E-state index in [4.69, 9.17) is 0 Å². The first-order valence-corrected chi connectivity index (χ1v) is 8.54. The Hall–Kier alpha value is -2.91. The zero-order valence-corrected chi connectivity index (χ0v) is 14.2. The quantitative estimate of drug-likeness (QED) is 0.771. The first-order valence-electron chi connectivity index (χ1n) is 8.54. The molecular formula is C19H20N6. The van der Waals surface area contributed by atoms with Crippen molar-refractivity contribution in [3.63, 3.8) is 0 Å². The first-order chi connectivity index (χ1) is 12.2. The standard InChI is InChI=1S/C19H20N6/c1-25-12-14(10-23-25)18-11-22-19(24-15-4-6-21-7-5-15)17-8-13(9-20)2-3-16(17)18/h2-3,8,10-12,15,21H,4-7H2,1H3,(H,22,24). The van der Waals surface area contributed by atoms with E-state index in [1.807, 2.05) is 43.8 Å². The van der Waals surface area contributed by atoms with Gasteiger partial charge < -0.3 is 10.6 Å². The van der Waals surface area contributed by atoms with Crippen molar-refractivity contribution in [2.75, 3.05) is 18.4 Å². The van der Waals surface area contributed by atoms with Gasteiger partial charge in [-0.15, -0.1) is 0 Å². The molecule has 3 aromatic rings. The van der Waals surface area contributed by atoms with E-state index in [0.717, 1.165) is 53.6 Å². The number of aryl methyl sites for hydroxylation is 1. The topological polar surface area (TPSA) is 78.6 Å². The lowest BCUT2D eigenvalue weighted by Gasteiger charge is -2.25. The Morgan fingerprint density at radius 3 is 2.80 bits per heavy atom. The number of nitrogens with one attached hydrogen (secondary N) is 2. The van der Waals surface area contributed by atoms with E-state index >= 15 is 0 Å². The molecule has 1 aromatic carbocycles. The average molecular weight is 332 g/mol. The Morgan fingerprint density at radius 1 is 1.24 bits per heavy atom. The van der Waals surface area contributed by atoms with Crippen LogP contribution in [0.5, 0.6) is 0 Å². The molecule has 1 fully saturated rings. The van der Waals surface area contributed by atoms with Gasteiger partial charge in [-0.25, -0.2) is 4.98 Å². The third-order valence-corrected chi connectivity index (χ3v) is 4.71. The molecule has 0 atom stereocenters. The second-order valence-corrected chi connectivity index (χ2v) is 6.46. The molecule has 0 saturated carbocycles. The van der Waals surface area contributed by atoms with Crippen LogP contribution in [0.1, 0.15) is 18.4 Å². The molecule has 0 aliphatic carbocycles. The number of fused-ring (bicyclic) bond motifs is 1. The fourth-order valence-electron chi connectivity index (χ4n) is 3.38. The van der Waals surface area contributed by atoms with E-state index in [1.54, 1.807) is 4.68 Å². The number of benzene rings is 1. The molecule has 6 heteroatoms. The van der Waals surface area contributed by atoms with E-state index in [2.05, 4.69) is 26.8 Å². The highest BCUT2D eigenvalue weighted by molar-refractivity contribution is 6.02. The third-order valence-electron chi connectivity index (χ3n) is 4.71. The SMILES string of the molecule is Cn1cc(-c2cnc(NC3CCNCC3)c3cc(C#N)ccc23)cn1. The van der Waals surface area contributed by atoms with E-state index in [0.29, 0.717) is 11.6 Å². The van der Waals surface area contributed by atoms with E-state index in [9.17, 15) is 5.26 Å². The molecule has 4 rings (SSSR count). The highest BCUT2D eigenvalue weighted by atomic mass is 15.2.